The molecule has 4 aromatic rings. The zero-order valence-electron chi connectivity index (χ0n) is 26.3. The van der Waals surface area contributed by atoms with Gasteiger partial charge in [-0.05, 0) is 33.8 Å². The molecule has 5 nitrogen and oxygen atoms in total. The summed E-state index contributed by atoms with van der Waals surface area (Å²) in [6, 6.07) is 40.3. The Morgan fingerprint density at radius 2 is 0.844 bits per heavy atom. The molecule has 0 saturated heterocycles. The summed E-state index contributed by atoms with van der Waals surface area (Å²) in [7, 11) is 0. The molecule has 0 heterocycles. The molecule has 0 unspecified atom stereocenters. The van der Waals surface area contributed by atoms with Crippen molar-refractivity contribution < 1.29 is 24.1 Å². The van der Waals surface area contributed by atoms with Gasteiger partial charge in [0.25, 0.3) is 0 Å². The Bertz CT molecular complexity index is 1290. The minimum Gasteiger partial charge on any atom is -0.388 e. The van der Waals surface area contributed by atoms with Crippen LogP contribution < -0.4 is 0 Å². The maximum Gasteiger partial charge on any atom is 0.115 e. The van der Waals surface area contributed by atoms with Crippen LogP contribution in [0, 0.1) is 0 Å². The highest BCUT2D eigenvalue weighted by atomic mass is 32.2. The van der Waals surface area contributed by atoms with Gasteiger partial charge < -0.3 is 24.1 Å². The highest BCUT2D eigenvalue weighted by Gasteiger charge is 2.41. The molecule has 0 saturated carbocycles. The van der Waals surface area contributed by atoms with Gasteiger partial charge in [0.15, 0.2) is 0 Å². The van der Waals surface area contributed by atoms with Gasteiger partial charge in [-0.25, -0.2) is 0 Å². The van der Waals surface area contributed by atoms with E-state index in [1.165, 1.54) is 0 Å². The van der Waals surface area contributed by atoms with E-state index in [9.17, 15) is 5.11 Å². The van der Waals surface area contributed by atoms with Crippen molar-refractivity contribution in [3.8, 4) is 0 Å². The number of aliphatic hydroxyl groups excluding tert-OH is 1. The van der Waals surface area contributed by atoms with E-state index in [0.717, 1.165) is 33.8 Å². The average molecular weight is 647 g/mol. The number of hydrogen-bond donors (Lipinski definition) is 1. The van der Waals surface area contributed by atoms with Gasteiger partial charge in [0.2, 0.25) is 0 Å². The second-order valence-electron chi connectivity index (χ2n) is 10.6. The van der Waals surface area contributed by atoms with Crippen molar-refractivity contribution in [2.24, 2.45) is 0 Å². The summed E-state index contributed by atoms with van der Waals surface area (Å²) in [5.74, 6) is 1.85. The predicted molar refractivity (Wildman–Crippen MR) is 187 cm³/mol. The van der Waals surface area contributed by atoms with Gasteiger partial charge in [0, 0.05) is 0 Å². The zero-order chi connectivity index (χ0) is 31.5. The lowest BCUT2D eigenvalue weighted by Crippen LogP contribution is -2.52. The van der Waals surface area contributed by atoms with Crippen LogP contribution in [0.4, 0.5) is 0 Å². The number of benzene rings is 4. The zero-order valence-corrected chi connectivity index (χ0v) is 27.9. The van der Waals surface area contributed by atoms with Crippen molar-refractivity contribution in [2.45, 2.75) is 69.3 Å². The second-order valence-corrected chi connectivity index (χ2v) is 13.8. The molecule has 1 N–H and O–H groups in total. The SMILES string of the molecule is CCSC(SCC)[C@H](OCc1ccccc1)[C@@H](OCc1ccccc1)[C@H](OCc1ccccc1)[C@H](O)COCc1ccccc1. The van der Waals surface area contributed by atoms with Gasteiger partial charge in [0.05, 0.1) is 37.6 Å². The summed E-state index contributed by atoms with van der Waals surface area (Å²) in [6.45, 7) is 5.93. The number of thioether (sulfide) groups is 2. The molecule has 0 amide bonds. The highest BCUT2D eigenvalue weighted by molar-refractivity contribution is 8.17. The molecule has 7 heteroatoms. The fraction of sp³-hybridized carbons (Fsp3) is 0.368. The fourth-order valence-electron chi connectivity index (χ4n) is 4.96. The first-order valence-corrected chi connectivity index (χ1v) is 17.8. The third-order valence-electron chi connectivity index (χ3n) is 7.21. The largest absolute Gasteiger partial charge is 0.388 e. The minimum absolute atomic E-state index is 0.0600. The maximum absolute atomic E-state index is 11.8. The van der Waals surface area contributed by atoms with E-state index in [1.807, 2.05) is 121 Å². The van der Waals surface area contributed by atoms with Gasteiger partial charge in [-0.15, -0.1) is 23.5 Å². The van der Waals surface area contributed by atoms with Crippen LogP contribution in [0.5, 0.6) is 0 Å². The lowest BCUT2D eigenvalue weighted by atomic mass is 10.0. The van der Waals surface area contributed by atoms with Crippen molar-refractivity contribution in [3.05, 3.63) is 144 Å². The molecule has 0 aromatic heterocycles. The molecule has 0 aliphatic rings. The highest BCUT2D eigenvalue weighted by Crippen LogP contribution is 2.34. The summed E-state index contributed by atoms with van der Waals surface area (Å²) in [5, 5.41) is 11.8. The fourth-order valence-corrected chi connectivity index (χ4v) is 7.67. The van der Waals surface area contributed by atoms with E-state index in [4.69, 9.17) is 18.9 Å². The number of aliphatic hydroxyl groups is 1. The van der Waals surface area contributed by atoms with Gasteiger partial charge in [-0.3, -0.25) is 0 Å². The topological polar surface area (TPSA) is 57.2 Å². The Morgan fingerprint density at radius 3 is 1.24 bits per heavy atom. The summed E-state index contributed by atoms with van der Waals surface area (Å²) < 4.78 is 26.3. The van der Waals surface area contributed by atoms with E-state index in [-0.39, 0.29) is 17.3 Å². The van der Waals surface area contributed by atoms with E-state index in [0.29, 0.717) is 26.4 Å². The Labute approximate surface area is 277 Å². The molecule has 0 aliphatic heterocycles. The predicted octanol–water partition coefficient (Wildman–Crippen LogP) is 8.15. The van der Waals surface area contributed by atoms with Crippen molar-refractivity contribution in [3.63, 3.8) is 0 Å². The van der Waals surface area contributed by atoms with Gasteiger partial charge in [-0.2, -0.15) is 0 Å². The van der Waals surface area contributed by atoms with Crippen molar-refractivity contribution >= 4 is 23.5 Å². The van der Waals surface area contributed by atoms with E-state index < -0.39 is 18.3 Å². The Balaban J connectivity index is 1.65. The Kier molecular flexibility index (Phi) is 16.0. The molecule has 0 radical (unpaired) electrons. The lowest BCUT2D eigenvalue weighted by molar-refractivity contribution is -0.184. The van der Waals surface area contributed by atoms with Crippen molar-refractivity contribution in [1.29, 1.82) is 0 Å². The lowest BCUT2D eigenvalue weighted by Gasteiger charge is -2.39. The van der Waals surface area contributed by atoms with Crippen LogP contribution in [0.3, 0.4) is 0 Å². The van der Waals surface area contributed by atoms with Crippen LogP contribution in [-0.4, -0.2) is 52.2 Å². The minimum atomic E-state index is -0.958. The van der Waals surface area contributed by atoms with E-state index in [1.54, 1.807) is 0 Å². The van der Waals surface area contributed by atoms with Crippen molar-refractivity contribution in [1.82, 2.24) is 0 Å². The molecule has 45 heavy (non-hydrogen) atoms. The summed E-state index contributed by atoms with van der Waals surface area (Å²) >= 11 is 3.68. The van der Waals surface area contributed by atoms with Crippen LogP contribution in [0.2, 0.25) is 0 Å². The summed E-state index contributed by atoms with van der Waals surface area (Å²) in [4.78, 5) is 0. The molecular weight excluding hydrogens is 601 g/mol. The maximum atomic E-state index is 11.8. The molecule has 0 fully saturated rings. The Hall–Kier alpha value is -2.62. The van der Waals surface area contributed by atoms with Crippen LogP contribution in [0.25, 0.3) is 0 Å². The standard InChI is InChI=1S/C38H46O5S2/c1-3-44-38(45-4-2)37(43-28-33-23-15-8-16-24-33)36(42-27-32-21-13-7-14-22-32)35(41-26-31-19-11-6-12-20-31)34(39)29-40-25-30-17-9-5-10-18-30/h5-24,34-39H,3-4,25-29H2,1-2H3/t34-,35-,36+,37-/m1/s1. The van der Waals surface area contributed by atoms with Crippen LogP contribution >= 0.6 is 23.5 Å². The second kappa shape index (κ2) is 20.5. The van der Waals surface area contributed by atoms with Crippen LogP contribution in [0.15, 0.2) is 121 Å². The number of ether oxygens (including phenoxy) is 4. The normalized spacial score (nSPS) is 14.2. The van der Waals surface area contributed by atoms with E-state index in [2.05, 4.69) is 38.1 Å². The first-order valence-electron chi connectivity index (χ1n) is 15.7. The number of hydrogen-bond acceptors (Lipinski definition) is 7. The summed E-state index contributed by atoms with van der Waals surface area (Å²) in [6.07, 6.45) is -2.65. The van der Waals surface area contributed by atoms with Gasteiger partial charge in [-0.1, -0.05) is 135 Å². The molecule has 0 bridgehead atoms. The molecule has 240 valence electrons. The quantitative estimate of drug-likeness (QED) is 0.0917. The third kappa shape index (κ3) is 12.2. The first kappa shape index (κ1) is 35.2. The van der Waals surface area contributed by atoms with Gasteiger partial charge >= 0.3 is 0 Å². The molecule has 4 aromatic carbocycles. The van der Waals surface area contributed by atoms with Crippen LogP contribution in [0.1, 0.15) is 36.1 Å². The molecule has 4 atom stereocenters. The third-order valence-corrected chi connectivity index (χ3v) is 9.89. The smallest absolute Gasteiger partial charge is 0.115 e. The molecule has 4 rings (SSSR count). The first-order chi connectivity index (χ1) is 22.2. The molecule has 0 aliphatic carbocycles. The monoisotopic (exact) mass is 646 g/mol. The Morgan fingerprint density at radius 1 is 0.489 bits per heavy atom. The summed E-state index contributed by atoms with van der Waals surface area (Å²) in [5.41, 5.74) is 4.19. The molecule has 0 spiro atoms. The number of rotatable bonds is 21. The van der Waals surface area contributed by atoms with Gasteiger partial charge in [0.1, 0.15) is 24.4 Å². The average Bonchev–Trinajstić information content (AvgIpc) is 3.09. The van der Waals surface area contributed by atoms with Crippen LogP contribution in [-0.2, 0) is 45.4 Å². The molecular formula is C38H46O5S2. The van der Waals surface area contributed by atoms with Crippen molar-refractivity contribution in [2.75, 3.05) is 18.1 Å². The van der Waals surface area contributed by atoms with E-state index >= 15 is 0 Å².